The van der Waals surface area contributed by atoms with E-state index in [0.717, 1.165) is 24.0 Å². The smallest absolute Gasteiger partial charge is 0.311 e. The van der Waals surface area contributed by atoms with Gasteiger partial charge >= 0.3 is 5.97 Å². The third-order valence-corrected chi connectivity index (χ3v) is 7.34. The van der Waals surface area contributed by atoms with Crippen LogP contribution in [0.2, 0.25) is 10.0 Å². The number of aryl methyl sites for hydroxylation is 1. The van der Waals surface area contributed by atoms with E-state index >= 15 is 0 Å². The van der Waals surface area contributed by atoms with Crippen LogP contribution < -0.4 is 9.47 Å². The molecule has 4 aromatic rings. The normalized spacial score (nSPS) is 14.3. The van der Waals surface area contributed by atoms with E-state index in [4.69, 9.17) is 32.7 Å². The molecule has 0 bridgehead atoms. The van der Waals surface area contributed by atoms with Crippen LogP contribution in [-0.4, -0.2) is 23.5 Å². The third-order valence-electron chi connectivity index (χ3n) is 6.81. The van der Waals surface area contributed by atoms with Crippen LogP contribution >= 0.6 is 23.2 Å². The SMILES string of the molecule is O=C(CCCc1ccccc1-c1cccc(Cl)c1)c1ccc(Oc2cc3c(cc2Cl)C(C(=O)O)CCO3)cc1. The van der Waals surface area contributed by atoms with Crippen LogP contribution in [0.5, 0.6) is 17.2 Å². The van der Waals surface area contributed by atoms with Crippen molar-refractivity contribution in [2.75, 3.05) is 6.61 Å². The number of carbonyl (C=O) groups excluding carboxylic acids is 1. The highest BCUT2D eigenvalue weighted by Gasteiger charge is 2.29. The zero-order valence-corrected chi connectivity index (χ0v) is 22.5. The van der Waals surface area contributed by atoms with Crippen LogP contribution in [0.3, 0.4) is 0 Å². The molecule has 1 aliphatic rings. The first kappa shape index (κ1) is 26.8. The fourth-order valence-corrected chi connectivity index (χ4v) is 5.22. The van der Waals surface area contributed by atoms with Crippen LogP contribution in [0.15, 0.2) is 84.9 Å². The number of hydrogen-bond donors (Lipinski definition) is 1. The van der Waals surface area contributed by atoms with Crippen LogP contribution in [-0.2, 0) is 11.2 Å². The number of aliphatic carboxylic acids is 1. The van der Waals surface area contributed by atoms with Gasteiger partial charge in [-0.25, -0.2) is 0 Å². The van der Waals surface area contributed by atoms with Crippen molar-refractivity contribution in [2.24, 2.45) is 0 Å². The van der Waals surface area contributed by atoms with E-state index in [-0.39, 0.29) is 5.78 Å². The molecule has 4 aromatic carbocycles. The Balaban J connectivity index is 1.21. The van der Waals surface area contributed by atoms with Crippen molar-refractivity contribution in [3.05, 3.63) is 112 Å². The number of rotatable bonds is 9. The minimum absolute atomic E-state index is 0.0571. The average Bonchev–Trinajstić information content (AvgIpc) is 2.93. The average molecular weight is 561 g/mol. The molecule has 5 rings (SSSR count). The van der Waals surface area contributed by atoms with Crippen molar-refractivity contribution in [2.45, 2.75) is 31.6 Å². The molecule has 0 fully saturated rings. The minimum atomic E-state index is -0.908. The minimum Gasteiger partial charge on any atom is -0.493 e. The van der Waals surface area contributed by atoms with Crippen molar-refractivity contribution >= 4 is 35.0 Å². The molecule has 1 aliphatic heterocycles. The highest BCUT2D eigenvalue weighted by atomic mass is 35.5. The first-order valence-corrected chi connectivity index (χ1v) is 13.5. The van der Waals surface area contributed by atoms with Crippen molar-refractivity contribution < 1.29 is 24.2 Å². The maximum absolute atomic E-state index is 12.9. The predicted octanol–water partition coefficient (Wildman–Crippen LogP) is 8.61. The number of carboxylic acid groups (broad SMARTS) is 1. The monoisotopic (exact) mass is 560 g/mol. The Hall–Kier alpha value is -3.80. The molecule has 39 heavy (non-hydrogen) atoms. The summed E-state index contributed by atoms with van der Waals surface area (Å²) < 4.78 is 11.6. The van der Waals surface area contributed by atoms with Crippen LogP contribution in [0.4, 0.5) is 0 Å². The molecule has 5 nitrogen and oxygen atoms in total. The van der Waals surface area contributed by atoms with Gasteiger partial charge in [0.05, 0.1) is 17.5 Å². The van der Waals surface area contributed by atoms with Gasteiger partial charge in [0.25, 0.3) is 0 Å². The summed E-state index contributed by atoms with van der Waals surface area (Å²) in [5, 5.41) is 10.5. The Morgan fingerprint density at radius 1 is 0.949 bits per heavy atom. The van der Waals surface area contributed by atoms with Gasteiger partial charge in [0.15, 0.2) is 5.78 Å². The van der Waals surface area contributed by atoms with Gasteiger partial charge in [-0.1, -0.05) is 59.6 Å². The molecule has 0 aromatic heterocycles. The number of ketones is 1. The summed E-state index contributed by atoms with van der Waals surface area (Å²) in [7, 11) is 0. The van der Waals surface area contributed by atoms with Crippen LogP contribution in [0.1, 0.15) is 46.7 Å². The third kappa shape index (κ3) is 6.27. The lowest BCUT2D eigenvalue weighted by atomic mass is 9.93. The van der Waals surface area contributed by atoms with Crippen molar-refractivity contribution in [1.29, 1.82) is 0 Å². The Labute approximate surface area is 236 Å². The molecule has 0 saturated heterocycles. The van der Waals surface area contributed by atoms with Gasteiger partial charge in [0, 0.05) is 28.6 Å². The second kappa shape index (κ2) is 11.9. The Bertz CT molecular complexity index is 1510. The summed E-state index contributed by atoms with van der Waals surface area (Å²) in [6.45, 7) is 0.314. The lowest BCUT2D eigenvalue weighted by Gasteiger charge is -2.24. The molecule has 0 amide bonds. The quantitative estimate of drug-likeness (QED) is 0.207. The van der Waals surface area contributed by atoms with Crippen molar-refractivity contribution in [3.63, 3.8) is 0 Å². The Morgan fingerprint density at radius 2 is 1.74 bits per heavy atom. The van der Waals surface area contributed by atoms with E-state index < -0.39 is 11.9 Å². The molecule has 1 N–H and O–H groups in total. The largest absolute Gasteiger partial charge is 0.493 e. The zero-order chi connectivity index (χ0) is 27.4. The summed E-state index contributed by atoms with van der Waals surface area (Å²) >= 11 is 12.6. The van der Waals surface area contributed by atoms with E-state index in [9.17, 15) is 14.7 Å². The van der Waals surface area contributed by atoms with Gasteiger partial charge in [0.1, 0.15) is 17.2 Å². The number of ether oxygens (including phenoxy) is 2. The van der Waals surface area contributed by atoms with E-state index in [1.807, 2.05) is 36.4 Å². The van der Waals surface area contributed by atoms with Gasteiger partial charge in [-0.15, -0.1) is 0 Å². The Morgan fingerprint density at radius 3 is 2.51 bits per heavy atom. The van der Waals surface area contributed by atoms with Crippen molar-refractivity contribution in [3.8, 4) is 28.4 Å². The summed E-state index contributed by atoms with van der Waals surface area (Å²) in [6, 6.07) is 26.1. The molecule has 1 unspecified atom stereocenters. The zero-order valence-electron chi connectivity index (χ0n) is 21.0. The summed E-state index contributed by atoms with van der Waals surface area (Å²) in [6.07, 6.45) is 2.31. The standard InChI is InChI=1S/C32H26Cl2O5/c33-23-8-3-7-22(17-23)25-9-2-1-5-20(25)6-4-10-29(35)21-11-13-24(14-12-21)39-31-19-30-27(18-28(31)34)26(32(36)37)15-16-38-30/h1-3,5,7-9,11-14,17-19,26H,4,6,10,15-16H2,(H,36,37). The van der Waals surface area contributed by atoms with Crippen LogP contribution in [0, 0.1) is 0 Å². The molecule has 7 heteroatoms. The lowest BCUT2D eigenvalue weighted by Crippen LogP contribution is -2.20. The van der Waals surface area contributed by atoms with Crippen molar-refractivity contribution in [1.82, 2.24) is 0 Å². The van der Waals surface area contributed by atoms with Gasteiger partial charge in [-0.3, -0.25) is 9.59 Å². The van der Waals surface area contributed by atoms with E-state index in [0.29, 0.717) is 57.9 Å². The van der Waals surface area contributed by atoms with Gasteiger partial charge in [-0.05, 0) is 78.4 Å². The second-order valence-electron chi connectivity index (χ2n) is 9.42. The molecule has 1 atom stereocenters. The van der Waals surface area contributed by atoms with Crippen LogP contribution in [0.25, 0.3) is 11.1 Å². The van der Waals surface area contributed by atoms with E-state index in [1.165, 1.54) is 5.56 Å². The summed E-state index contributed by atoms with van der Waals surface area (Å²) in [5.41, 5.74) is 4.51. The topological polar surface area (TPSA) is 72.8 Å². The number of carbonyl (C=O) groups is 2. The fourth-order valence-electron chi connectivity index (χ4n) is 4.82. The number of fused-ring (bicyclic) bond motifs is 1. The molecule has 1 heterocycles. The van der Waals surface area contributed by atoms with E-state index in [2.05, 4.69) is 12.1 Å². The number of halogens is 2. The van der Waals surface area contributed by atoms with Gasteiger partial charge in [0.2, 0.25) is 0 Å². The number of hydrogen-bond acceptors (Lipinski definition) is 4. The second-order valence-corrected chi connectivity index (χ2v) is 10.3. The fraction of sp³-hybridized carbons (Fsp3) is 0.188. The highest BCUT2D eigenvalue weighted by molar-refractivity contribution is 6.32. The maximum atomic E-state index is 12.9. The van der Waals surface area contributed by atoms with Gasteiger partial charge in [-0.2, -0.15) is 0 Å². The number of carboxylic acids is 1. The van der Waals surface area contributed by atoms with Gasteiger partial charge < -0.3 is 14.6 Å². The first-order valence-electron chi connectivity index (χ1n) is 12.7. The molecule has 0 radical (unpaired) electrons. The maximum Gasteiger partial charge on any atom is 0.311 e. The summed E-state index contributed by atoms with van der Waals surface area (Å²) in [5.74, 6) is -0.183. The number of benzene rings is 4. The molecule has 0 spiro atoms. The predicted molar refractivity (Wildman–Crippen MR) is 153 cm³/mol. The summed E-state index contributed by atoms with van der Waals surface area (Å²) in [4.78, 5) is 24.4. The van der Waals surface area contributed by atoms with E-state index in [1.54, 1.807) is 36.4 Å². The molecule has 198 valence electrons. The molecule has 0 aliphatic carbocycles. The molecule has 0 saturated carbocycles. The first-order chi connectivity index (χ1) is 18.9. The highest BCUT2D eigenvalue weighted by Crippen LogP contribution is 2.42. The Kier molecular flexibility index (Phi) is 8.20. The molecular formula is C32H26Cl2O5. The molecular weight excluding hydrogens is 535 g/mol. The lowest BCUT2D eigenvalue weighted by molar-refractivity contribution is -0.139. The number of Topliss-reactive ketones (excluding diaryl/α,β-unsaturated/α-hetero) is 1.